The summed E-state index contributed by atoms with van der Waals surface area (Å²) in [5.74, 6) is 0.757. The van der Waals surface area contributed by atoms with Crippen LogP contribution in [0.5, 0.6) is 0 Å². The summed E-state index contributed by atoms with van der Waals surface area (Å²) >= 11 is 6.27. The SMILES string of the molecule is CC1CN(c2ncccc2Cl)CCN1C(=O)Nc1ccc(C2(O)CCOCC2)cc1. The molecule has 0 spiro atoms. The van der Waals surface area contributed by atoms with Crippen molar-refractivity contribution in [3.8, 4) is 0 Å². The molecule has 2 amide bonds. The highest BCUT2D eigenvalue weighted by molar-refractivity contribution is 6.32. The van der Waals surface area contributed by atoms with Gasteiger partial charge in [0.15, 0.2) is 0 Å². The Balaban J connectivity index is 1.37. The summed E-state index contributed by atoms with van der Waals surface area (Å²) in [6.07, 6.45) is 2.90. The molecule has 0 radical (unpaired) electrons. The number of ether oxygens (including phenoxy) is 1. The van der Waals surface area contributed by atoms with Crippen molar-refractivity contribution in [3.05, 3.63) is 53.2 Å². The smallest absolute Gasteiger partial charge is 0.322 e. The second kappa shape index (κ2) is 8.79. The number of nitrogens with zero attached hydrogens (tertiary/aromatic N) is 3. The lowest BCUT2D eigenvalue weighted by Crippen LogP contribution is -2.55. The number of aliphatic hydroxyl groups is 1. The van der Waals surface area contributed by atoms with E-state index in [2.05, 4.69) is 15.2 Å². The lowest BCUT2D eigenvalue weighted by atomic mass is 9.86. The molecule has 3 heterocycles. The van der Waals surface area contributed by atoms with Crippen molar-refractivity contribution >= 4 is 29.1 Å². The Kier molecular flexibility index (Phi) is 6.13. The summed E-state index contributed by atoms with van der Waals surface area (Å²) in [7, 11) is 0. The molecular formula is C22H27ClN4O3. The van der Waals surface area contributed by atoms with E-state index in [0.717, 1.165) is 11.4 Å². The van der Waals surface area contributed by atoms with Gasteiger partial charge in [-0.2, -0.15) is 0 Å². The van der Waals surface area contributed by atoms with Crippen LogP contribution < -0.4 is 10.2 Å². The van der Waals surface area contributed by atoms with Crippen LogP contribution >= 0.6 is 11.6 Å². The number of nitrogens with one attached hydrogen (secondary N) is 1. The molecule has 30 heavy (non-hydrogen) atoms. The average molecular weight is 431 g/mol. The zero-order valence-electron chi connectivity index (χ0n) is 17.1. The second-order valence-electron chi connectivity index (χ2n) is 7.95. The number of amides is 2. The standard InChI is InChI=1S/C22H27ClN4O3/c1-16-15-26(20-19(23)3-2-10-24-20)11-12-27(16)21(28)25-18-6-4-17(5-7-18)22(29)8-13-30-14-9-22/h2-7,10,16,29H,8-9,11-15H2,1H3,(H,25,28). The quantitative estimate of drug-likeness (QED) is 0.779. The van der Waals surface area contributed by atoms with Crippen molar-refractivity contribution in [2.45, 2.75) is 31.4 Å². The van der Waals surface area contributed by atoms with E-state index in [4.69, 9.17) is 16.3 Å². The van der Waals surface area contributed by atoms with Gasteiger partial charge < -0.3 is 25.0 Å². The van der Waals surface area contributed by atoms with Crippen LogP contribution in [0.3, 0.4) is 0 Å². The number of aromatic nitrogens is 1. The van der Waals surface area contributed by atoms with Crippen molar-refractivity contribution in [2.75, 3.05) is 43.1 Å². The minimum absolute atomic E-state index is 0.0130. The van der Waals surface area contributed by atoms with E-state index in [0.29, 0.717) is 56.4 Å². The summed E-state index contributed by atoms with van der Waals surface area (Å²) in [5, 5.41) is 14.4. The molecule has 4 rings (SSSR count). The first kappa shape index (κ1) is 20.9. The number of carbonyl (C=O) groups excluding carboxylic acids is 1. The molecule has 1 aromatic heterocycles. The molecule has 2 fully saturated rings. The van der Waals surface area contributed by atoms with E-state index in [1.807, 2.05) is 48.2 Å². The Morgan fingerprint density at radius 1 is 1.23 bits per heavy atom. The van der Waals surface area contributed by atoms with Crippen LogP contribution in [0.2, 0.25) is 5.02 Å². The van der Waals surface area contributed by atoms with Gasteiger partial charge in [-0.1, -0.05) is 23.7 Å². The van der Waals surface area contributed by atoms with E-state index in [9.17, 15) is 9.90 Å². The highest BCUT2D eigenvalue weighted by Gasteiger charge is 2.32. The molecule has 2 N–H and O–H groups in total. The fourth-order valence-electron chi connectivity index (χ4n) is 4.12. The predicted molar refractivity (Wildman–Crippen MR) is 117 cm³/mol. The fourth-order valence-corrected chi connectivity index (χ4v) is 4.36. The molecule has 1 aromatic carbocycles. The van der Waals surface area contributed by atoms with Crippen LogP contribution in [0, 0.1) is 0 Å². The monoisotopic (exact) mass is 430 g/mol. The maximum atomic E-state index is 12.8. The zero-order chi connectivity index (χ0) is 21.1. The van der Waals surface area contributed by atoms with Gasteiger partial charge in [-0.3, -0.25) is 0 Å². The molecule has 1 unspecified atom stereocenters. The zero-order valence-corrected chi connectivity index (χ0v) is 17.8. The summed E-state index contributed by atoms with van der Waals surface area (Å²) in [5.41, 5.74) is 0.720. The molecule has 0 saturated carbocycles. The van der Waals surface area contributed by atoms with Gasteiger partial charge in [0.25, 0.3) is 0 Å². The van der Waals surface area contributed by atoms with Crippen molar-refractivity contribution < 1.29 is 14.6 Å². The van der Waals surface area contributed by atoms with Gasteiger partial charge in [-0.25, -0.2) is 9.78 Å². The molecule has 2 saturated heterocycles. The number of anilines is 2. The largest absolute Gasteiger partial charge is 0.385 e. The summed E-state index contributed by atoms with van der Waals surface area (Å²) < 4.78 is 5.35. The Hall–Kier alpha value is -2.35. The van der Waals surface area contributed by atoms with Crippen LogP contribution in [-0.4, -0.2) is 59.9 Å². The normalized spacial score (nSPS) is 21.4. The van der Waals surface area contributed by atoms with Gasteiger partial charge in [-0.15, -0.1) is 0 Å². The number of hydrogen-bond acceptors (Lipinski definition) is 5. The van der Waals surface area contributed by atoms with Crippen molar-refractivity contribution in [1.29, 1.82) is 0 Å². The third-order valence-corrected chi connectivity index (χ3v) is 6.22. The Morgan fingerprint density at radius 3 is 2.63 bits per heavy atom. The molecule has 2 aliphatic rings. The van der Waals surface area contributed by atoms with E-state index in [-0.39, 0.29) is 12.1 Å². The molecule has 8 heteroatoms. The van der Waals surface area contributed by atoms with Crippen molar-refractivity contribution in [2.24, 2.45) is 0 Å². The van der Waals surface area contributed by atoms with Gasteiger partial charge in [-0.05, 0) is 36.8 Å². The Labute approximate surface area is 181 Å². The van der Waals surface area contributed by atoms with Crippen molar-refractivity contribution in [1.82, 2.24) is 9.88 Å². The van der Waals surface area contributed by atoms with E-state index >= 15 is 0 Å². The highest BCUT2D eigenvalue weighted by Crippen LogP contribution is 2.32. The van der Waals surface area contributed by atoms with Crippen LogP contribution in [-0.2, 0) is 10.3 Å². The minimum atomic E-state index is -0.849. The molecule has 7 nitrogen and oxygen atoms in total. The van der Waals surface area contributed by atoms with Gasteiger partial charge in [0.05, 0.1) is 10.6 Å². The van der Waals surface area contributed by atoms with Crippen LogP contribution in [0.15, 0.2) is 42.6 Å². The van der Waals surface area contributed by atoms with Crippen molar-refractivity contribution in [3.63, 3.8) is 0 Å². The number of hydrogen-bond donors (Lipinski definition) is 2. The number of rotatable bonds is 3. The number of halogens is 1. The molecular weight excluding hydrogens is 404 g/mol. The first-order chi connectivity index (χ1) is 14.5. The molecule has 1 atom stereocenters. The van der Waals surface area contributed by atoms with E-state index in [1.54, 1.807) is 6.20 Å². The maximum absolute atomic E-state index is 12.8. The topological polar surface area (TPSA) is 77.9 Å². The molecule has 2 aliphatic heterocycles. The van der Waals surface area contributed by atoms with Crippen LogP contribution in [0.4, 0.5) is 16.3 Å². The molecule has 0 bridgehead atoms. The number of urea groups is 1. The maximum Gasteiger partial charge on any atom is 0.322 e. The number of pyridine rings is 1. The van der Waals surface area contributed by atoms with Crippen LogP contribution in [0.1, 0.15) is 25.3 Å². The number of carbonyl (C=O) groups is 1. The lowest BCUT2D eigenvalue weighted by Gasteiger charge is -2.40. The summed E-state index contributed by atoms with van der Waals surface area (Å²) in [6, 6.07) is 11.0. The second-order valence-corrected chi connectivity index (χ2v) is 8.36. The number of benzene rings is 1. The van der Waals surface area contributed by atoms with E-state index in [1.165, 1.54) is 0 Å². The fraction of sp³-hybridized carbons (Fsp3) is 0.455. The van der Waals surface area contributed by atoms with Gasteiger partial charge in [0, 0.05) is 63.6 Å². The van der Waals surface area contributed by atoms with Gasteiger partial charge in [0.1, 0.15) is 5.82 Å². The Bertz CT molecular complexity index is 886. The molecule has 0 aliphatic carbocycles. The molecule has 160 valence electrons. The minimum Gasteiger partial charge on any atom is -0.385 e. The predicted octanol–water partition coefficient (Wildman–Crippen LogP) is 3.48. The van der Waals surface area contributed by atoms with Gasteiger partial charge in [0.2, 0.25) is 0 Å². The Morgan fingerprint density at radius 2 is 1.97 bits per heavy atom. The third-order valence-electron chi connectivity index (χ3n) is 5.92. The van der Waals surface area contributed by atoms with Gasteiger partial charge >= 0.3 is 6.03 Å². The highest BCUT2D eigenvalue weighted by atomic mass is 35.5. The molecule has 2 aromatic rings. The third kappa shape index (κ3) is 4.38. The summed E-state index contributed by atoms with van der Waals surface area (Å²) in [6.45, 7) is 5.05. The first-order valence-corrected chi connectivity index (χ1v) is 10.7. The van der Waals surface area contributed by atoms with E-state index < -0.39 is 5.60 Å². The van der Waals surface area contributed by atoms with Crippen LogP contribution in [0.25, 0.3) is 0 Å². The first-order valence-electron chi connectivity index (χ1n) is 10.3. The number of piperazine rings is 1. The summed E-state index contributed by atoms with van der Waals surface area (Å²) in [4.78, 5) is 21.1. The lowest BCUT2D eigenvalue weighted by molar-refractivity contribution is -0.0679. The average Bonchev–Trinajstić information content (AvgIpc) is 2.75.